The van der Waals surface area contributed by atoms with Gasteiger partial charge in [-0.15, -0.1) is 0 Å². The third-order valence-electron chi connectivity index (χ3n) is 3.51. The smallest absolute Gasteiger partial charge is 0.239 e. The van der Waals surface area contributed by atoms with Crippen LogP contribution in [-0.2, 0) is 4.79 Å². The Bertz CT molecular complexity index is 262. The van der Waals surface area contributed by atoms with Crippen LogP contribution in [0, 0.1) is 0 Å². The fraction of sp³-hybridized carbons (Fsp3) is 0.917. The summed E-state index contributed by atoms with van der Waals surface area (Å²) in [6.45, 7) is 7.41. The molecule has 0 radical (unpaired) electrons. The fourth-order valence-corrected chi connectivity index (χ4v) is 3.46. The topological polar surface area (TPSA) is 32.3 Å². The van der Waals surface area contributed by atoms with E-state index in [9.17, 15) is 4.79 Å². The summed E-state index contributed by atoms with van der Waals surface area (Å²) >= 11 is 1.99. The Balaban J connectivity index is 1.91. The lowest BCUT2D eigenvalue weighted by Crippen LogP contribution is -2.44. The van der Waals surface area contributed by atoms with Crippen LogP contribution in [0.3, 0.4) is 0 Å². The van der Waals surface area contributed by atoms with Crippen LogP contribution in [0.2, 0.25) is 0 Å². The maximum absolute atomic E-state index is 12.2. The number of nitrogens with zero attached hydrogens (tertiary/aromatic N) is 1. The fourth-order valence-electron chi connectivity index (χ4n) is 2.36. The number of rotatable bonds is 1. The predicted octanol–water partition coefficient (Wildman–Crippen LogP) is 1.48. The van der Waals surface area contributed by atoms with Crippen LogP contribution >= 0.6 is 11.8 Å². The standard InChI is InChI=1S/C12H22N2OS/c1-12(2)5-7-14(8-9-16-12)11(15)10-4-3-6-13-10/h10,13H,3-9H2,1-2H3/t10-/m0/s1. The van der Waals surface area contributed by atoms with Crippen molar-refractivity contribution in [3.63, 3.8) is 0 Å². The van der Waals surface area contributed by atoms with Gasteiger partial charge in [0.25, 0.3) is 0 Å². The van der Waals surface area contributed by atoms with Crippen LogP contribution < -0.4 is 5.32 Å². The zero-order valence-electron chi connectivity index (χ0n) is 10.3. The van der Waals surface area contributed by atoms with Gasteiger partial charge in [-0.1, -0.05) is 13.8 Å². The van der Waals surface area contributed by atoms with E-state index in [0.717, 1.165) is 44.6 Å². The van der Waals surface area contributed by atoms with E-state index in [2.05, 4.69) is 24.1 Å². The van der Waals surface area contributed by atoms with Crippen LogP contribution in [0.25, 0.3) is 0 Å². The summed E-state index contributed by atoms with van der Waals surface area (Å²) in [7, 11) is 0. The number of carbonyl (C=O) groups excluding carboxylic acids is 1. The number of nitrogens with one attached hydrogen (secondary N) is 1. The van der Waals surface area contributed by atoms with Crippen molar-refractivity contribution in [3.8, 4) is 0 Å². The Morgan fingerprint density at radius 1 is 1.44 bits per heavy atom. The van der Waals surface area contributed by atoms with E-state index < -0.39 is 0 Å². The van der Waals surface area contributed by atoms with Crippen molar-refractivity contribution in [3.05, 3.63) is 0 Å². The number of amides is 1. The van der Waals surface area contributed by atoms with Gasteiger partial charge < -0.3 is 10.2 Å². The molecule has 0 unspecified atom stereocenters. The monoisotopic (exact) mass is 242 g/mol. The molecule has 1 amide bonds. The normalized spacial score (nSPS) is 30.1. The molecule has 0 aromatic carbocycles. The molecular weight excluding hydrogens is 220 g/mol. The van der Waals surface area contributed by atoms with Gasteiger partial charge in [0.2, 0.25) is 5.91 Å². The van der Waals surface area contributed by atoms with Gasteiger partial charge in [-0.2, -0.15) is 11.8 Å². The second-order valence-corrected chi connectivity index (χ2v) is 7.13. The van der Waals surface area contributed by atoms with Crippen molar-refractivity contribution in [2.45, 2.75) is 43.9 Å². The largest absolute Gasteiger partial charge is 0.340 e. The first-order valence-corrected chi connectivity index (χ1v) is 7.23. The molecule has 0 aromatic heterocycles. The first-order valence-electron chi connectivity index (χ1n) is 6.25. The van der Waals surface area contributed by atoms with Gasteiger partial charge in [-0.25, -0.2) is 0 Å². The zero-order valence-corrected chi connectivity index (χ0v) is 11.1. The van der Waals surface area contributed by atoms with Crippen molar-refractivity contribution < 1.29 is 4.79 Å². The Morgan fingerprint density at radius 2 is 2.25 bits per heavy atom. The molecule has 92 valence electrons. The summed E-state index contributed by atoms with van der Waals surface area (Å²) in [6, 6.07) is 0.103. The van der Waals surface area contributed by atoms with Crippen molar-refractivity contribution in [1.29, 1.82) is 0 Å². The Labute approximate surface area is 102 Å². The van der Waals surface area contributed by atoms with Crippen molar-refractivity contribution >= 4 is 17.7 Å². The molecule has 2 heterocycles. The molecule has 3 nitrogen and oxygen atoms in total. The minimum atomic E-state index is 0.103. The molecule has 2 rings (SSSR count). The minimum absolute atomic E-state index is 0.103. The Kier molecular flexibility index (Phi) is 3.80. The van der Waals surface area contributed by atoms with Gasteiger partial charge in [0.1, 0.15) is 0 Å². The molecule has 2 fully saturated rings. The molecule has 2 aliphatic rings. The number of thioether (sulfide) groups is 1. The average Bonchev–Trinajstić information content (AvgIpc) is 2.69. The highest BCUT2D eigenvalue weighted by atomic mass is 32.2. The summed E-state index contributed by atoms with van der Waals surface area (Å²) < 4.78 is 0.331. The number of hydrogen-bond acceptors (Lipinski definition) is 3. The molecule has 2 aliphatic heterocycles. The van der Waals surface area contributed by atoms with Gasteiger partial charge in [-0.05, 0) is 25.8 Å². The summed E-state index contributed by atoms with van der Waals surface area (Å²) in [5, 5.41) is 3.30. The maximum Gasteiger partial charge on any atom is 0.239 e. The van der Waals surface area contributed by atoms with E-state index in [4.69, 9.17) is 0 Å². The summed E-state index contributed by atoms with van der Waals surface area (Å²) in [5.74, 6) is 1.40. The van der Waals surface area contributed by atoms with Crippen LogP contribution in [0.5, 0.6) is 0 Å². The molecule has 0 saturated carbocycles. The lowest BCUT2D eigenvalue weighted by molar-refractivity contribution is -0.132. The van der Waals surface area contributed by atoms with E-state index in [1.807, 2.05) is 11.8 Å². The highest BCUT2D eigenvalue weighted by Gasteiger charge is 2.30. The molecule has 1 atom stereocenters. The molecule has 0 spiro atoms. The minimum Gasteiger partial charge on any atom is -0.340 e. The van der Waals surface area contributed by atoms with Gasteiger partial charge in [0.05, 0.1) is 6.04 Å². The molecule has 0 bridgehead atoms. The van der Waals surface area contributed by atoms with Crippen molar-refractivity contribution in [1.82, 2.24) is 10.2 Å². The van der Waals surface area contributed by atoms with E-state index in [0.29, 0.717) is 10.7 Å². The van der Waals surface area contributed by atoms with E-state index in [1.165, 1.54) is 0 Å². The predicted molar refractivity (Wildman–Crippen MR) is 68.8 cm³/mol. The lowest BCUT2D eigenvalue weighted by atomic mass is 10.1. The summed E-state index contributed by atoms with van der Waals surface area (Å²) in [4.78, 5) is 14.3. The van der Waals surface area contributed by atoms with Crippen LogP contribution in [0.1, 0.15) is 33.1 Å². The highest BCUT2D eigenvalue weighted by Crippen LogP contribution is 2.30. The Morgan fingerprint density at radius 3 is 2.94 bits per heavy atom. The highest BCUT2D eigenvalue weighted by molar-refractivity contribution is 8.00. The zero-order chi connectivity index (χ0) is 11.6. The average molecular weight is 242 g/mol. The molecule has 2 saturated heterocycles. The first-order chi connectivity index (χ1) is 7.58. The Hall–Kier alpha value is -0.220. The number of hydrogen-bond donors (Lipinski definition) is 1. The van der Waals surface area contributed by atoms with E-state index in [-0.39, 0.29) is 6.04 Å². The molecule has 16 heavy (non-hydrogen) atoms. The van der Waals surface area contributed by atoms with Gasteiger partial charge in [0.15, 0.2) is 0 Å². The summed E-state index contributed by atoms with van der Waals surface area (Å²) in [6.07, 6.45) is 3.27. The van der Waals surface area contributed by atoms with Crippen molar-refractivity contribution in [2.75, 3.05) is 25.4 Å². The first kappa shape index (κ1) is 12.2. The van der Waals surface area contributed by atoms with Crippen LogP contribution in [0.15, 0.2) is 0 Å². The van der Waals surface area contributed by atoms with Gasteiger partial charge in [-0.3, -0.25) is 4.79 Å². The number of carbonyl (C=O) groups is 1. The van der Waals surface area contributed by atoms with Crippen LogP contribution in [0.4, 0.5) is 0 Å². The lowest BCUT2D eigenvalue weighted by Gasteiger charge is -2.25. The molecule has 1 N–H and O–H groups in total. The van der Waals surface area contributed by atoms with E-state index in [1.54, 1.807) is 0 Å². The third kappa shape index (κ3) is 2.92. The molecular formula is C12H22N2OS. The quantitative estimate of drug-likeness (QED) is 0.756. The van der Waals surface area contributed by atoms with Gasteiger partial charge in [0, 0.05) is 23.6 Å². The maximum atomic E-state index is 12.2. The molecule has 0 aliphatic carbocycles. The van der Waals surface area contributed by atoms with Gasteiger partial charge >= 0.3 is 0 Å². The SMILES string of the molecule is CC1(C)CCN(C(=O)[C@@H]2CCCN2)CCS1. The second-order valence-electron chi connectivity index (χ2n) is 5.33. The second kappa shape index (κ2) is 4.96. The molecule has 4 heteroatoms. The van der Waals surface area contributed by atoms with Crippen molar-refractivity contribution in [2.24, 2.45) is 0 Å². The van der Waals surface area contributed by atoms with E-state index >= 15 is 0 Å². The third-order valence-corrected chi connectivity index (χ3v) is 4.88. The molecule has 0 aromatic rings. The summed E-state index contributed by atoms with van der Waals surface area (Å²) in [5.41, 5.74) is 0. The van der Waals surface area contributed by atoms with Crippen LogP contribution in [-0.4, -0.2) is 47.0 Å².